The number of hydrogen-bond donors (Lipinski definition) is 0. The third kappa shape index (κ3) is 6.46. The van der Waals surface area contributed by atoms with Crippen molar-refractivity contribution in [3.05, 3.63) is 107 Å². The van der Waals surface area contributed by atoms with Crippen molar-refractivity contribution in [2.24, 2.45) is 0 Å². The summed E-state index contributed by atoms with van der Waals surface area (Å²) in [5.41, 5.74) is 5.35. The van der Waals surface area contributed by atoms with Crippen LogP contribution in [0, 0.1) is 12.2 Å². The second-order valence-electron chi connectivity index (χ2n) is 5.89. The van der Waals surface area contributed by atoms with E-state index in [1.807, 2.05) is 13.8 Å². The summed E-state index contributed by atoms with van der Waals surface area (Å²) < 4.78 is 0. The third-order valence-electron chi connectivity index (χ3n) is 4.27. The smallest absolute Gasteiger partial charge is 1.00 e. The topological polar surface area (TPSA) is 0 Å². The van der Waals surface area contributed by atoms with Gasteiger partial charge in [0.2, 0.25) is 0 Å². The van der Waals surface area contributed by atoms with Crippen LogP contribution in [0.2, 0.25) is 0 Å². The summed E-state index contributed by atoms with van der Waals surface area (Å²) in [5, 5.41) is 0. The van der Waals surface area contributed by atoms with Gasteiger partial charge >= 0.3 is 26.2 Å². The van der Waals surface area contributed by atoms with E-state index in [-0.39, 0.29) is 51.0 Å². The van der Waals surface area contributed by atoms with Gasteiger partial charge < -0.3 is 24.8 Å². The van der Waals surface area contributed by atoms with Crippen molar-refractivity contribution in [1.29, 1.82) is 0 Å². The summed E-state index contributed by atoms with van der Waals surface area (Å²) in [6, 6.07) is 16.9. The van der Waals surface area contributed by atoms with Crippen molar-refractivity contribution < 1.29 is 51.0 Å². The molecule has 2 aliphatic carbocycles. The van der Waals surface area contributed by atoms with Gasteiger partial charge in [0, 0.05) is 0 Å². The largest absolute Gasteiger partial charge is 4.00 e. The monoisotopic (exact) mass is 470 g/mol. The summed E-state index contributed by atoms with van der Waals surface area (Å²) in [5.74, 6) is 0.761. The van der Waals surface area contributed by atoms with Crippen molar-refractivity contribution in [1.82, 2.24) is 0 Å². The molecular weight excluding hydrogens is 450 g/mol. The summed E-state index contributed by atoms with van der Waals surface area (Å²) >= 11 is 0. The van der Waals surface area contributed by atoms with Gasteiger partial charge in [-0.05, 0) is 13.8 Å². The summed E-state index contributed by atoms with van der Waals surface area (Å²) in [7, 11) is 0. The molecule has 136 valence electrons. The van der Waals surface area contributed by atoms with Crippen molar-refractivity contribution in [2.45, 2.75) is 25.7 Å². The van der Waals surface area contributed by atoms with Gasteiger partial charge in [0.05, 0.1) is 0 Å². The second-order valence-corrected chi connectivity index (χ2v) is 5.89. The molecule has 0 fully saturated rings. The number of allylic oxidation sites excluding steroid dienone is 6. The average Bonchev–Trinajstić information content (AvgIpc) is 3.22. The first-order valence-corrected chi connectivity index (χ1v) is 8.45. The fourth-order valence-corrected chi connectivity index (χ4v) is 3.09. The molecule has 27 heavy (non-hydrogen) atoms. The normalized spacial score (nSPS) is 18.0. The summed E-state index contributed by atoms with van der Waals surface area (Å²) in [6.45, 7) is 4.09. The minimum absolute atomic E-state index is 0. The first kappa shape index (κ1) is 25.9. The van der Waals surface area contributed by atoms with Gasteiger partial charge in [-0.15, -0.1) is 23.3 Å². The Morgan fingerprint density at radius 2 is 1.04 bits per heavy atom. The summed E-state index contributed by atoms with van der Waals surface area (Å²) in [6.07, 6.45) is 19.3. The van der Waals surface area contributed by atoms with E-state index in [1.165, 1.54) is 22.3 Å². The quantitative estimate of drug-likeness (QED) is 0.438. The minimum Gasteiger partial charge on any atom is -1.00 e. The number of rotatable bonds is 2. The van der Waals surface area contributed by atoms with Gasteiger partial charge in [0.1, 0.15) is 0 Å². The molecule has 3 heteroatoms. The van der Waals surface area contributed by atoms with Crippen LogP contribution < -0.4 is 24.8 Å². The van der Waals surface area contributed by atoms with Crippen LogP contribution in [-0.2, 0) is 26.2 Å². The molecule has 4 rings (SSSR count). The van der Waals surface area contributed by atoms with Gasteiger partial charge in [-0.2, -0.15) is 11.1 Å². The molecule has 2 aromatic carbocycles. The van der Waals surface area contributed by atoms with Crippen LogP contribution in [0.15, 0.2) is 72.8 Å². The molecule has 2 aliphatic rings. The number of halogens is 2. The Balaban J connectivity index is 0.000000451. The van der Waals surface area contributed by atoms with Crippen LogP contribution in [0.4, 0.5) is 0 Å². The van der Waals surface area contributed by atoms with E-state index in [0.29, 0.717) is 11.8 Å². The van der Waals surface area contributed by atoms with Crippen molar-refractivity contribution in [2.75, 3.05) is 0 Å². The number of hydrogen-bond acceptors (Lipinski definition) is 0. The maximum Gasteiger partial charge on any atom is 4.00 e. The Hall–Kier alpha value is -1.14. The number of fused-ring (bicyclic) bond motifs is 2. The van der Waals surface area contributed by atoms with Crippen LogP contribution in [0.5, 0.6) is 0 Å². The molecular formula is C24H22Cl2Zr. The van der Waals surface area contributed by atoms with E-state index in [1.54, 1.807) is 0 Å². The van der Waals surface area contributed by atoms with Crippen LogP contribution in [0.1, 0.15) is 47.9 Å². The van der Waals surface area contributed by atoms with Crippen LogP contribution in [-0.4, -0.2) is 0 Å². The van der Waals surface area contributed by atoms with Crippen LogP contribution in [0.25, 0.3) is 12.2 Å². The van der Waals surface area contributed by atoms with Crippen LogP contribution >= 0.6 is 0 Å². The molecule has 0 amide bonds. The third-order valence-corrected chi connectivity index (χ3v) is 4.27. The fourth-order valence-electron chi connectivity index (χ4n) is 3.09. The fraction of sp³-hybridized carbons (Fsp3) is 0.167. The Kier molecular flexibility index (Phi) is 12.6. The van der Waals surface area contributed by atoms with Crippen molar-refractivity contribution in [3.63, 3.8) is 0 Å². The predicted molar refractivity (Wildman–Crippen MR) is 103 cm³/mol. The Labute approximate surface area is 195 Å². The van der Waals surface area contributed by atoms with Gasteiger partial charge in [-0.25, -0.2) is 12.2 Å². The van der Waals surface area contributed by atoms with E-state index in [2.05, 4.69) is 97.1 Å². The van der Waals surface area contributed by atoms with E-state index in [9.17, 15) is 0 Å². The molecule has 2 atom stereocenters. The maximum absolute atomic E-state index is 3.31. The average molecular weight is 473 g/mol. The molecule has 0 heterocycles. The Bertz CT molecular complexity index is 749. The predicted octanol–water partition coefficient (Wildman–Crippen LogP) is 0.358. The Morgan fingerprint density at radius 3 is 1.41 bits per heavy atom. The molecule has 2 unspecified atom stereocenters. The molecule has 0 saturated heterocycles. The standard InChI is InChI=1S/2C12H11.2ClH.Zr/c2*1-2-5-10-8-9-11-6-3-4-7-12(10)11;;;/h2*2-7,9-10H,1H3;2*1H;/q2*-1;;;+4/p-2. The van der Waals surface area contributed by atoms with Gasteiger partial charge in [0.25, 0.3) is 0 Å². The first-order valence-electron chi connectivity index (χ1n) is 8.45. The molecule has 0 radical (unpaired) electrons. The molecule has 0 spiro atoms. The summed E-state index contributed by atoms with van der Waals surface area (Å²) in [4.78, 5) is 0. The van der Waals surface area contributed by atoms with E-state index in [0.717, 1.165) is 0 Å². The van der Waals surface area contributed by atoms with Gasteiger partial charge in [0.15, 0.2) is 0 Å². The minimum atomic E-state index is 0. The van der Waals surface area contributed by atoms with Gasteiger partial charge in [-0.1, -0.05) is 72.5 Å². The molecule has 0 N–H and O–H groups in total. The van der Waals surface area contributed by atoms with E-state index in [4.69, 9.17) is 0 Å². The second kappa shape index (κ2) is 13.1. The van der Waals surface area contributed by atoms with Crippen molar-refractivity contribution >= 4 is 12.2 Å². The first-order chi connectivity index (χ1) is 11.8. The van der Waals surface area contributed by atoms with E-state index < -0.39 is 0 Å². The zero-order valence-electron chi connectivity index (χ0n) is 15.5. The molecule has 0 bridgehead atoms. The molecule has 0 nitrogen and oxygen atoms in total. The zero-order valence-corrected chi connectivity index (χ0v) is 19.5. The van der Waals surface area contributed by atoms with Crippen LogP contribution in [0.3, 0.4) is 0 Å². The molecule has 0 aromatic heterocycles. The Morgan fingerprint density at radius 1 is 0.667 bits per heavy atom. The number of benzene rings is 2. The SMILES string of the molecule is CC=CC1[C-]=Cc2ccccc21.CC=CC1[C-]=Cc2ccccc21.[Cl-].[Cl-].[Zr+4]. The zero-order chi connectivity index (χ0) is 16.8. The maximum atomic E-state index is 3.31. The van der Waals surface area contributed by atoms with Gasteiger partial charge in [-0.3, -0.25) is 12.2 Å². The van der Waals surface area contributed by atoms with Crippen molar-refractivity contribution in [3.8, 4) is 0 Å². The molecule has 0 aliphatic heterocycles. The van der Waals surface area contributed by atoms with E-state index >= 15 is 0 Å². The molecule has 2 aromatic rings. The molecule has 0 saturated carbocycles.